The average molecular weight is 587 g/mol. The number of phenols is 1. The number of aryl methyl sites for hydroxylation is 1. The van der Waals surface area contributed by atoms with E-state index >= 15 is 0 Å². The molecule has 0 saturated carbocycles. The van der Waals surface area contributed by atoms with E-state index in [0.29, 0.717) is 37.4 Å². The molecule has 0 spiro atoms. The molecule has 0 bridgehead atoms. The molecule has 42 heavy (non-hydrogen) atoms. The van der Waals surface area contributed by atoms with Crippen molar-refractivity contribution in [2.45, 2.75) is 13.3 Å². The molecule has 0 saturated heterocycles. The number of methoxy groups -OCH3 is 1. The van der Waals surface area contributed by atoms with Crippen LogP contribution in [0.15, 0.2) is 77.9 Å². The third kappa shape index (κ3) is 7.16. The van der Waals surface area contributed by atoms with Gasteiger partial charge in [0.15, 0.2) is 11.5 Å². The van der Waals surface area contributed by atoms with Crippen molar-refractivity contribution in [2.24, 2.45) is 0 Å². The summed E-state index contributed by atoms with van der Waals surface area (Å²) in [6.07, 6.45) is 3.28. The van der Waals surface area contributed by atoms with Gasteiger partial charge >= 0.3 is 0 Å². The Morgan fingerprint density at radius 2 is 1.88 bits per heavy atom. The second-order valence-corrected chi connectivity index (χ2v) is 9.60. The van der Waals surface area contributed by atoms with Crippen LogP contribution < -0.4 is 25.0 Å². The van der Waals surface area contributed by atoms with E-state index in [-0.39, 0.29) is 22.2 Å². The molecule has 0 unspecified atom stereocenters. The average Bonchev–Trinajstić information content (AvgIpc) is 3.54. The lowest BCUT2D eigenvalue weighted by Gasteiger charge is -2.25. The van der Waals surface area contributed by atoms with Crippen LogP contribution in [-0.2, 0) is 0 Å². The van der Waals surface area contributed by atoms with Gasteiger partial charge < -0.3 is 34.5 Å². The summed E-state index contributed by atoms with van der Waals surface area (Å²) in [5.74, 6) is 0.769. The number of anilines is 4. The van der Waals surface area contributed by atoms with Crippen molar-refractivity contribution in [3.8, 4) is 23.3 Å². The molecule has 10 heteroatoms. The molecule has 0 atom stereocenters. The highest BCUT2D eigenvalue weighted by Crippen LogP contribution is 2.42. The van der Waals surface area contributed by atoms with Crippen molar-refractivity contribution in [1.29, 1.82) is 5.26 Å². The molecule has 0 radical (unpaired) electrons. The first-order valence-corrected chi connectivity index (χ1v) is 13.5. The largest absolute Gasteiger partial charge is 0.504 e. The van der Waals surface area contributed by atoms with Crippen LogP contribution in [0.5, 0.6) is 17.2 Å². The molecular formula is C32H31ClN4O5. The Bertz CT molecular complexity index is 1580. The number of rotatable bonds is 13. The summed E-state index contributed by atoms with van der Waals surface area (Å²) in [5, 5.41) is 25.9. The SMILES string of the molecule is C=Cc1c(Nc2ccc(N(CCC#N)CCOc3ccc(OC)cc3)cc2C)cc(NC(=O)c2ccco2)c(O)c1Cl. The number of carbonyl (C=O) groups is 1. The molecule has 216 valence electrons. The van der Waals surface area contributed by atoms with Crippen LogP contribution in [-0.4, -0.2) is 37.8 Å². The highest BCUT2D eigenvalue weighted by atomic mass is 35.5. The Labute approximate surface area is 249 Å². The van der Waals surface area contributed by atoms with Crippen molar-refractivity contribution < 1.29 is 23.8 Å². The second-order valence-electron chi connectivity index (χ2n) is 9.23. The van der Waals surface area contributed by atoms with Crippen molar-refractivity contribution in [3.05, 3.63) is 95.4 Å². The van der Waals surface area contributed by atoms with Crippen LogP contribution in [0.4, 0.5) is 22.7 Å². The quantitative estimate of drug-likeness (QED) is 0.109. The summed E-state index contributed by atoms with van der Waals surface area (Å²) in [7, 11) is 1.62. The van der Waals surface area contributed by atoms with Crippen LogP contribution in [0.1, 0.15) is 28.1 Å². The Morgan fingerprint density at radius 3 is 2.52 bits per heavy atom. The van der Waals surface area contributed by atoms with Crippen molar-refractivity contribution in [2.75, 3.05) is 42.3 Å². The molecule has 0 fully saturated rings. The Kier molecular flexibility index (Phi) is 9.98. The number of furan rings is 1. The zero-order valence-corrected chi connectivity index (χ0v) is 24.1. The third-order valence-corrected chi connectivity index (χ3v) is 6.89. The predicted molar refractivity (Wildman–Crippen MR) is 165 cm³/mol. The monoisotopic (exact) mass is 586 g/mol. The molecule has 0 aliphatic rings. The van der Waals surface area contributed by atoms with E-state index < -0.39 is 5.91 Å². The Morgan fingerprint density at radius 1 is 1.12 bits per heavy atom. The van der Waals surface area contributed by atoms with Gasteiger partial charge in [-0.1, -0.05) is 24.3 Å². The number of hydrogen-bond donors (Lipinski definition) is 3. The maximum absolute atomic E-state index is 12.5. The number of halogens is 1. The Hall–Kier alpha value is -5.07. The number of nitrogens with zero attached hydrogens (tertiary/aromatic N) is 2. The van der Waals surface area contributed by atoms with Crippen LogP contribution in [0, 0.1) is 18.3 Å². The van der Waals surface area contributed by atoms with E-state index in [1.165, 1.54) is 18.4 Å². The van der Waals surface area contributed by atoms with Crippen LogP contribution in [0.3, 0.4) is 0 Å². The number of phenolic OH excluding ortho intramolecular Hbond substituents is 1. The van der Waals surface area contributed by atoms with Gasteiger partial charge in [-0.25, -0.2) is 0 Å². The molecular weight excluding hydrogens is 556 g/mol. The van der Waals surface area contributed by atoms with E-state index in [1.54, 1.807) is 19.2 Å². The molecule has 3 aromatic carbocycles. The maximum atomic E-state index is 12.5. The highest BCUT2D eigenvalue weighted by Gasteiger charge is 2.19. The summed E-state index contributed by atoms with van der Waals surface area (Å²) in [4.78, 5) is 14.6. The number of amides is 1. The predicted octanol–water partition coefficient (Wildman–Crippen LogP) is 7.39. The topological polar surface area (TPSA) is 120 Å². The van der Waals surface area contributed by atoms with Crippen molar-refractivity contribution in [3.63, 3.8) is 0 Å². The van der Waals surface area contributed by atoms with Gasteiger partial charge in [0.05, 0.1) is 43.1 Å². The summed E-state index contributed by atoms with van der Waals surface area (Å²) in [5.41, 5.74) is 3.76. The van der Waals surface area contributed by atoms with Gasteiger partial charge in [-0.05, 0) is 73.2 Å². The first kappa shape index (κ1) is 29.9. The zero-order chi connectivity index (χ0) is 30.1. The van der Waals surface area contributed by atoms with Crippen molar-refractivity contribution >= 4 is 46.3 Å². The molecule has 0 aliphatic heterocycles. The number of nitrogens with one attached hydrogen (secondary N) is 2. The number of hydrogen-bond acceptors (Lipinski definition) is 8. The molecule has 4 rings (SSSR count). The lowest BCUT2D eigenvalue weighted by molar-refractivity contribution is 0.0996. The minimum atomic E-state index is -0.530. The van der Waals surface area contributed by atoms with E-state index in [1.807, 2.05) is 49.4 Å². The second kappa shape index (κ2) is 14.0. The number of aromatic hydroxyl groups is 1. The fourth-order valence-corrected chi connectivity index (χ4v) is 4.56. The number of ether oxygens (including phenoxy) is 2. The standard InChI is InChI=1S/C32H31ClN4O5/c1-4-25-27(20-28(31(38)30(25)33)36-32(39)29-7-5-17-42-29)35-26-13-8-22(19-21(26)2)37(15-6-14-34)16-18-41-24-11-9-23(40-3)10-12-24/h4-5,7-13,17,19-20,35,38H,1,6,15-16,18H2,2-3H3,(H,36,39). The van der Waals surface area contributed by atoms with Crippen molar-refractivity contribution in [1.82, 2.24) is 0 Å². The number of benzene rings is 3. The first-order chi connectivity index (χ1) is 20.3. The van der Waals surface area contributed by atoms with Gasteiger partial charge in [0.1, 0.15) is 18.1 Å². The van der Waals surface area contributed by atoms with Gasteiger partial charge in [-0.3, -0.25) is 4.79 Å². The van der Waals surface area contributed by atoms with Gasteiger partial charge in [0, 0.05) is 29.2 Å². The lowest BCUT2D eigenvalue weighted by Crippen LogP contribution is -2.29. The van der Waals surface area contributed by atoms with Crippen LogP contribution in [0.25, 0.3) is 6.08 Å². The van der Waals surface area contributed by atoms with Gasteiger partial charge in [0.25, 0.3) is 5.91 Å². The van der Waals surface area contributed by atoms with Crippen LogP contribution >= 0.6 is 11.6 Å². The van der Waals surface area contributed by atoms with E-state index in [0.717, 1.165) is 28.4 Å². The molecule has 4 aromatic rings. The molecule has 1 heterocycles. The van der Waals surface area contributed by atoms with Gasteiger partial charge in [-0.15, -0.1) is 0 Å². The highest BCUT2D eigenvalue weighted by molar-refractivity contribution is 6.34. The third-order valence-electron chi connectivity index (χ3n) is 6.50. The fourth-order valence-electron chi connectivity index (χ4n) is 4.27. The molecule has 1 aromatic heterocycles. The van der Waals surface area contributed by atoms with Gasteiger partial charge in [0.2, 0.25) is 0 Å². The Balaban J connectivity index is 1.52. The maximum Gasteiger partial charge on any atom is 0.291 e. The first-order valence-electron chi connectivity index (χ1n) is 13.1. The van der Waals surface area contributed by atoms with E-state index in [4.69, 9.17) is 25.5 Å². The molecule has 1 amide bonds. The van der Waals surface area contributed by atoms with Crippen LogP contribution in [0.2, 0.25) is 5.02 Å². The summed E-state index contributed by atoms with van der Waals surface area (Å²) >= 11 is 6.45. The normalized spacial score (nSPS) is 10.4. The minimum Gasteiger partial charge on any atom is -0.504 e. The molecule has 0 aliphatic carbocycles. The number of nitriles is 1. The molecule has 3 N–H and O–H groups in total. The fraction of sp³-hybridized carbons (Fsp3) is 0.188. The summed E-state index contributed by atoms with van der Waals surface area (Å²) < 4.78 is 16.2. The van der Waals surface area contributed by atoms with Gasteiger partial charge in [-0.2, -0.15) is 5.26 Å². The van der Waals surface area contributed by atoms with E-state index in [9.17, 15) is 15.2 Å². The summed E-state index contributed by atoms with van der Waals surface area (Å²) in [6, 6.07) is 20.2. The lowest BCUT2D eigenvalue weighted by atomic mass is 10.1. The minimum absolute atomic E-state index is 0.0403. The van der Waals surface area contributed by atoms with E-state index in [2.05, 4.69) is 28.2 Å². The zero-order valence-electron chi connectivity index (χ0n) is 23.3. The summed E-state index contributed by atoms with van der Waals surface area (Å²) in [6.45, 7) is 7.33. The smallest absolute Gasteiger partial charge is 0.291 e. The number of carbonyl (C=O) groups excluding carboxylic acids is 1. The molecule has 9 nitrogen and oxygen atoms in total.